The fourth-order valence-corrected chi connectivity index (χ4v) is 6.50. The van der Waals surface area contributed by atoms with Crippen molar-refractivity contribution in [3.8, 4) is 22.4 Å². The Morgan fingerprint density at radius 1 is 1.04 bits per heavy atom. The van der Waals surface area contributed by atoms with E-state index in [1.165, 1.54) is 11.1 Å². The van der Waals surface area contributed by atoms with Crippen molar-refractivity contribution >= 4 is 17.4 Å². The van der Waals surface area contributed by atoms with Crippen molar-refractivity contribution in [2.45, 2.75) is 84.0 Å². The zero-order valence-corrected chi connectivity index (χ0v) is 27.0. The standard InChI is InChI=1S/C37H44N4O4/c1-25-32(33(35(42)43)45-36(2,3)4)34-40-20-18-37(5,19-21-40)44-22-11-7-6-8-13-26-14-9-10-17-29(26)27-15-12-16-28(23-27)30-24-31(38-25)41(34)39-30/h7,9-12,14-17,23-24,33H,6,8,13,18-22H2,1-5H3,(H,42,43)/b11-7+/t33-/m0/s1. The van der Waals surface area contributed by atoms with Gasteiger partial charge < -0.3 is 19.5 Å². The normalized spacial score (nSPS) is 18.5. The number of nitrogens with zero attached hydrogens (tertiary/aromatic N) is 4. The molecule has 8 nitrogen and oxygen atoms in total. The van der Waals surface area contributed by atoms with Gasteiger partial charge in [0.05, 0.1) is 29.1 Å². The molecule has 3 aliphatic heterocycles. The van der Waals surface area contributed by atoms with Gasteiger partial charge in [0.25, 0.3) is 0 Å². The molecule has 8 heteroatoms. The van der Waals surface area contributed by atoms with Crippen molar-refractivity contribution in [1.29, 1.82) is 0 Å². The Bertz CT molecular complexity index is 1730. The summed E-state index contributed by atoms with van der Waals surface area (Å²) in [6, 6.07) is 19.1. The predicted molar refractivity (Wildman–Crippen MR) is 178 cm³/mol. The van der Waals surface area contributed by atoms with Crippen LogP contribution in [0.1, 0.15) is 76.3 Å². The number of aromatic nitrogens is 3. The lowest BCUT2D eigenvalue weighted by molar-refractivity contribution is -0.160. The number of hydrogen-bond acceptors (Lipinski definition) is 6. The Morgan fingerprint density at radius 3 is 2.56 bits per heavy atom. The van der Waals surface area contributed by atoms with E-state index in [9.17, 15) is 9.90 Å². The lowest BCUT2D eigenvalue weighted by Gasteiger charge is -2.41. The third kappa shape index (κ3) is 6.67. The van der Waals surface area contributed by atoms with Gasteiger partial charge in [-0.15, -0.1) is 0 Å². The van der Waals surface area contributed by atoms with E-state index >= 15 is 0 Å². The molecule has 1 saturated heterocycles. The summed E-state index contributed by atoms with van der Waals surface area (Å²) in [5.74, 6) is -0.328. The number of aryl methyl sites for hydroxylation is 2. The summed E-state index contributed by atoms with van der Waals surface area (Å²) in [5, 5.41) is 15.6. The maximum atomic E-state index is 12.8. The van der Waals surface area contributed by atoms with Crippen molar-refractivity contribution in [2.24, 2.45) is 0 Å². The molecule has 0 saturated carbocycles. The van der Waals surface area contributed by atoms with E-state index in [1.54, 1.807) is 0 Å². The highest BCUT2D eigenvalue weighted by molar-refractivity contribution is 5.79. The number of carboxylic acids is 1. The van der Waals surface area contributed by atoms with Crippen LogP contribution in [0.3, 0.4) is 0 Å². The summed E-state index contributed by atoms with van der Waals surface area (Å²) >= 11 is 0. The second kappa shape index (κ2) is 12.4. The van der Waals surface area contributed by atoms with E-state index in [-0.39, 0.29) is 5.60 Å². The number of anilines is 1. The number of aliphatic carboxylic acids is 1. The molecular formula is C37H44N4O4. The summed E-state index contributed by atoms with van der Waals surface area (Å²) in [5.41, 5.74) is 6.34. The largest absolute Gasteiger partial charge is 0.479 e. The predicted octanol–water partition coefficient (Wildman–Crippen LogP) is 7.58. The smallest absolute Gasteiger partial charge is 0.337 e. The molecule has 0 unspecified atom stereocenters. The minimum absolute atomic E-state index is 0.272. The lowest BCUT2D eigenvalue weighted by Crippen LogP contribution is -2.45. The average Bonchev–Trinajstić information content (AvgIpc) is 3.42. The Kier molecular flexibility index (Phi) is 8.55. The van der Waals surface area contributed by atoms with Gasteiger partial charge in [0, 0.05) is 30.4 Å². The summed E-state index contributed by atoms with van der Waals surface area (Å²) < 4.78 is 14.4. The number of benzene rings is 2. The first-order valence-corrected chi connectivity index (χ1v) is 16.0. The van der Waals surface area contributed by atoms with Crippen LogP contribution in [-0.2, 0) is 20.7 Å². The van der Waals surface area contributed by atoms with Gasteiger partial charge in [0.15, 0.2) is 11.8 Å². The Labute approximate surface area is 265 Å². The van der Waals surface area contributed by atoms with Crippen LogP contribution in [0.2, 0.25) is 0 Å². The first-order valence-electron chi connectivity index (χ1n) is 16.0. The first kappa shape index (κ1) is 31.0. The number of carboxylic acid groups (broad SMARTS) is 1. The topological polar surface area (TPSA) is 89.2 Å². The fraction of sp³-hybridized carbons (Fsp3) is 0.432. The lowest BCUT2D eigenvalue weighted by atomic mass is 9.92. The van der Waals surface area contributed by atoms with Gasteiger partial charge in [-0.05, 0) is 89.5 Å². The molecule has 3 aliphatic rings. The van der Waals surface area contributed by atoms with Gasteiger partial charge in [-0.25, -0.2) is 9.78 Å². The van der Waals surface area contributed by atoms with E-state index in [2.05, 4.69) is 72.5 Å². The molecule has 236 valence electrons. The molecule has 2 aromatic heterocycles. The van der Waals surface area contributed by atoms with E-state index in [1.807, 2.05) is 38.3 Å². The summed E-state index contributed by atoms with van der Waals surface area (Å²) in [7, 11) is 0. The zero-order chi connectivity index (χ0) is 31.8. The van der Waals surface area contributed by atoms with Crippen LogP contribution >= 0.6 is 0 Å². The van der Waals surface area contributed by atoms with Gasteiger partial charge in [-0.3, -0.25) is 0 Å². The highest BCUT2D eigenvalue weighted by Crippen LogP contribution is 2.39. The number of rotatable bonds is 3. The molecule has 0 aliphatic carbocycles. The zero-order valence-electron chi connectivity index (χ0n) is 27.0. The Morgan fingerprint density at radius 2 is 1.80 bits per heavy atom. The van der Waals surface area contributed by atoms with E-state index in [0.717, 1.165) is 54.7 Å². The van der Waals surface area contributed by atoms with Crippen molar-refractivity contribution in [3.63, 3.8) is 0 Å². The van der Waals surface area contributed by atoms with E-state index in [0.29, 0.717) is 36.6 Å². The molecule has 0 spiro atoms. The van der Waals surface area contributed by atoms with Crippen LogP contribution in [0.15, 0.2) is 66.7 Å². The van der Waals surface area contributed by atoms with Crippen molar-refractivity contribution in [2.75, 3.05) is 24.6 Å². The minimum Gasteiger partial charge on any atom is -0.479 e. The van der Waals surface area contributed by atoms with Crippen molar-refractivity contribution < 1.29 is 19.4 Å². The summed E-state index contributed by atoms with van der Waals surface area (Å²) in [6.07, 6.45) is 7.83. The molecule has 45 heavy (non-hydrogen) atoms. The number of piperidine rings is 1. The molecule has 1 N–H and O–H groups in total. The van der Waals surface area contributed by atoms with E-state index in [4.69, 9.17) is 19.6 Å². The maximum Gasteiger partial charge on any atom is 0.337 e. The van der Waals surface area contributed by atoms with Crippen LogP contribution in [0, 0.1) is 6.92 Å². The number of fused-ring (bicyclic) bond motifs is 7. The Balaban J connectivity index is 1.53. The average molecular weight is 609 g/mol. The molecular weight excluding hydrogens is 564 g/mol. The van der Waals surface area contributed by atoms with Crippen molar-refractivity contribution in [3.05, 3.63) is 83.6 Å². The molecule has 0 amide bonds. The van der Waals surface area contributed by atoms with Gasteiger partial charge in [-0.1, -0.05) is 54.6 Å². The van der Waals surface area contributed by atoms with Gasteiger partial charge in [-0.2, -0.15) is 9.61 Å². The molecule has 4 aromatic rings. The van der Waals surface area contributed by atoms with Crippen LogP contribution in [0.25, 0.3) is 28.0 Å². The number of ether oxygens (including phenoxy) is 2. The van der Waals surface area contributed by atoms with Crippen LogP contribution < -0.4 is 4.90 Å². The van der Waals surface area contributed by atoms with Gasteiger partial charge >= 0.3 is 5.97 Å². The highest BCUT2D eigenvalue weighted by atomic mass is 16.5. The molecule has 5 heterocycles. The quantitative estimate of drug-likeness (QED) is 0.240. The molecule has 1 atom stereocenters. The second-order valence-electron chi connectivity index (χ2n) is 13.5. The second-order valence-corrected chi connectivity index (χ2v) is 13.5. The number of allylic oxidation sites excluding steroid dienone is 1. The third-order valence-electron chi connectivity index (χ3n) is 8.88. The first-order chi connectivity index (χ1) is 21.5. The molecule has 6 bridgehead atoms. The highest BCUT2D eigenvalue weighted by Gasteiger charge is 2.37. The molecule has 0 radical (unpaired) electrons. The monoisotopic (exact) mass is 608 g/mol. The molecule has 2 aromatic carbocycles. The van der Waals surface area contributed by atoms with Crippen molar-refractivity contribution in [1.82, 2.24) is 14.6 Å². The SMILES string of the molecule is Cc1nc2cc3nn2c(c1[C@H](OC(C)(C)C)C(=O)O)N1CCC(C)(CC1)OC/C=C/CCCc1ccccc1-c1cccc-3c1. The van der Waals surface area contributed by atoms with Gasteiger partial charge in [0.1, 0.15) is 5.82 Å². The molecule has 1 fully saturated rings. The van der Waals surface area contributed by atoms with Gasteiger partial charge in [0.2, 0.25) is 0 Å². The Hall–Kier alpha value is -4.01. The van der Waals surface area contributed by atoms with Crippen LogP contribution in [0.4, 0.5) is 5.82 Å². The summed E-state index contributed by atoms with van der Waals surface area (Å²) in [6.45, 7) is 11.6. The third-order valence-corrected chi connectivity index (χ3v) is 8.88. The van der Waals surface area contributed by atoms with Crippen LogP contribution in [0.5, 0.6) is 0 Å². The van der Waals surface area contributed by atoms with E-state index < -0.39 is 17.7 Å². The minimum atomic E-state index is -1.20. The summed E-state index contributed by atoms with van der Waals surface area (Å²) in [4.78, 5) is 19.9. The maximum absolute atomic E-state index is 12.8. The molecule has 7 rings (SSSR count). The fourth-order valence-electron chi connectivity index (χ4n) is 6.50. The number of hydrogen-bond donors (Lipinski definition) is 1. The number of carbonyl (C=O) groups is 1. The van der Waals surface area contributed by atoms with Crippen LogP contribution in [-0.4, -0.2) is 56.6 Å².